The van der Waals surface area contributed by atoms with Gasteiger partial charge in [0, 0.05) is 27.5 Å². The molecule has 6 rings (SSSR count). The molecule has 0 radical (unpaired) electrons. The Kier molecular flexibility index (Phi) is 6.62. The second-order valence-electron chi connectivity index (χ2n) is 9.83. The molecule has 1 saturated heterocycles. The molecule has 13 heteroatoms. The Bertz CT molecular complexity index is 1360. The number of carbonyl (C=O) groups excluding carboxylic acids is 4. The smallest absolute Gasteiger partial charge is 0.286 e. The Morgan fingerprint density at radius 3 is 2.49 bits per heavy atom. The number of carbonyl (C=O) groups is 4. The van der Waals surface area contributed by atoms with Gasteiger partial charge in [0.1, 0.15) is 11.8 Å². The molecule has 1 aromatic carbocycles. The molecule has 194 valence electrons. The molecule has 1 aromatic heterocycles. The number of hydrogen-bond acceptors (Lipinski definition) is 8. The van der Waals surface area contributed by atoms with Gasteiger partial charge >= 0.3 is 4.87 Å². The van der Waals surface area contributed by atoms with E-state index in [0.717, 1.165) is 27.2 Å². The van der Waals surface area contributed by atoms with Crippen LogP contribution in [0.15, 0.2) is 34.1 Å². The fraction of sp³-hybridized carbons (Fsp3) is 0.458. The fourth-order valence-corrected chi connectivity index (χ4v) is 10.3. The number of thiazole rings is 1. The van der Waals surface area contributed by atoms with Crippen molar-refractivity contribution in [2.45, 2.75) is 53.7 Å². The Morgan fingerprint density at radius 2 is 1.76 bits per heavy atom. The van der Waals surface area contributed by atoms with Crippen LogP contribution in [0.4, 0.5) is 4.79 Å². The molecule has 2 aromatic rings. The first-order chi connectivity index (χ1) is 17.8. The van der Waals surface area contributed by atoms with E-state index in [1.807, 2.05) is 24.3 Å². The van der Waals surface area contributed by atoms with Crippen LogP contribution in [0.3, 0.4) is 0 Å². The zero-order valence-electron chi connectivity index (χ0n) is 19.4. The van der Waals surface area contributed by atoms with Crippen LogP contribution in [-0.2, 0) is 20.9 Å². The minimum absolute atomic E-state index is 0.0910. The van der Waals surface area contributed by atoms with Crippen LogP contribution in [0.5, 0.6) is 0 Å². The number of imide groups is 1. The molecule has 2 saturated carbocycles. The predicted molar refractivity (Wildman–Crippen MR) is 142 cm³/mol. The summed E-state index contributed by atoms with van der Waals surface area (Å²) in [4.78, 5) is 61.7. The minimum atomic E-state index is -0.827. The molecule has 3 heterocycles. The van der Waals surface area contributed by atoms with Crippen LogP contribution >= 0.6 is 46.5 Å². The molecule has 3 fully saturated rings. The summed E-state index contributed by atoms with van der Waals surface area (Å²) in [6.45, 7) is -0.228. The first kappa shape index (κ1) is 25.0. The lowest BCUT2D eigenvalue weighted by Gasteiger charge is -2.40. The second kappa shape index (κ2) is 9.79. The lowest BCUT2D eigenvalue weighted by molar-refractivity contribution is -0.130. The van der Waals surface area contributed by atoms with Gasteiger partial charge in [-0.2, -0.15) is 0 Å². The summed E-state index contributed by atoms with van der Waals surface area (Å²) in [5.41, 5.74) is 5.76. The third-order valence-corrected chi connectivity index (χ3v) is 11.8. The molecule has 4 amide bonds. The Hall–Kier alpha value is -2.28. The maximum atomic E-state index is 13.1. The number of thioether (sulfide) groups is 2. The molecule has 0 spiro atoms. The summed E-state index contributed by atoms with van der Waals surface area (Å²) in [5, 5.41) is 2.69. The summed E-state index contributed by atoms with van der Waals surface area (Å²) < 4.78 is 1.51. The molecular formula is C24H23ClN4O5S3. The van der Waals surface area contributed by atoms with E-state index in [4.69, 9.17) is 11.6 Å². The monoisotopic (exact) mass is 578 g/mol. The summed E-state index contributed by atoms with van der Waals surface area (Å²) >= 11 is 9.82. The second-order valence-corrected chi connectivity index (χ2v) is 13.6. The van der Waals surface area contributed by atoms with Gasteiger partial charge in [-0.1, -0.05) is 46.8 Å². The van der Waals surface area contributed by atoms with E-state index in [0.29, 0.717) is 28.0 Å². The zero-order valence-corrected chi connectivity index (χ0v) is 22.6. The van der Waals surface area contributed by atoms with Gasteiger partial charge in [-0.05, 0) is 54.7 Å². The Balaban J connectivity index is 1.20. The number of nitrogens with one attached hydrogen (secondary N) is 3. The maximum Gasteiger partial charge on any atom is 0.308 e. The van der Waals surface area contributed by atoms with Crippen LogP contribution in [-0.4, -0.2) is 38.0 Å². The van der Waals surface area contributed by atoms with Crippen molar-refractivity contribution in [2.75, 3.05) is 0 Å². The summed E-state index contributed by atoms with van der Waals surface area (Å²) in [6, 6.07) is 7.87. The maximum absolute atomic E-state index is 13.1. The number of hydrogen-bond donors (Lipinski definition) is 3. The topological polar surface area (TPSA) is 126 Å². The number of nitrogens with zero attached hydrogens (tertiary/aromatic N) is 1. The lowest BCUT2D eigenvalue weighted by Crippen LogP contribution is -2.45. The first-order valence-electron chi connectivity index (χ1n) is 12.0. The molecule has 2 aliphatic carbocycles. The lowest BCUT2D eigenvalue weighted by atomic mass is 9.75. The van der Waals surface area contributed by atoms with Gasteiger partial charge < -0.3 is 0 Å². The minimum Gasteiger partial charge on any atom is -0.286 e. The van der Waals surface area contributed by atoms with Gasteiger partial charge in [0.15, 0.2) is 0 Å². The van der Waals surface area contributed by atoms with Crippen LogP contribution in [0.2, 0.25) is 5.02 Å². The van der Waals surface area contributed by atoms with Crippen LogP contribution in [0.1, 0.15) is 42.0 Å². The molecular weight excluding hydrogens is 556 g/mol. The van der Waals surface area contributed by atoms with E-state index in [-0.39, 0.29) is 23.8 Å². The highest BCUT2D eigenvalue weighted by Gasteiger charge is 2.55. The van der Waals surface area contributed by atoms with Crippen molar-refractivity contribution in [2.24, 2.45) is 17.8 Å². The van der Waals surface area contributed by atoms with Gasteiger partial charge in [-0.15, -0.1) is 11.8 Å². The average Bonchev–Trinajstić information content (AvgIpc) is 3.62. The molecule has 2 aliphatic heterocycles. The van der Waals surface area contributed by atoms with Crippen LogP contribution < -0.4 is 21.0 Å². The van der Waals surface area contributed by atoms with Crippen molar-refractivity contribution < 1.29 is 19.2 Å². The van der Waals surface area contributed by atoms with Crippen molar-refractivity contribution >= 4 is 69.4 Å². The first-order valence-corrected chi connectivity index (χ1v) is 15.0. The highest BCUT2D eigenvalue weighted by atomic mass is 35.5. The van der Waals surface area contributed by atoms with E-state index < -0.39 is 28.2 Å². The van der Waals surface area contributed by atoms with Gasteiger partial charge in [-0.3, -0.25) is 44.7 Å². The van der Waals surface area contributed by atoms with Crippen molar-refractivity contribution in [1.29, 1.82) is 0 Å². The third-order valence-electron chi connectivity index (χ3n) is 7.70. The van der Waals surface area contributed by atoms with E-state index >= 15 is 0 Å². The quantitative estimate of drug-likeness (QED) is 0.465. The van der Waals surface area contributed by atoms with Crippen molar-refractivity contribution in [3.05, 3.63) is 49.4 Å². The number of hydrazine groups is 1. The predicted octanol–water partition coefficient (Wildman–Crippen LogP) is 3.10. The highest BCUT2D eigenvalue weighted by Crippen LogP contribution is 2.64. The van der Waals surface area contributed by atoms with Gasteiger partial charge in [-0.25, -0.2) is 0 Å². The van der Waals surface area contributed by atoms with Crippen molar-refractivity contribution in [1.82, 2.24) is 20.7 Å². The van der Waals surface area contributed by atoms with Gasteiger partial charge in [0.2, 0.25) is 11.8 Å². The Morgan fingerprint density at radius 1 is 1.03 bits per heavy atom. The van der Waals surface area contributed by atoms with E-state index in [9.17, 15) is 24.0 Å². The van der Waals surface area contributed by atoms with Crippen LogP contribution in [0, 0.1) is 17.8 Å². The zero-order chi connectivity index (χ0) is 25.8. The average molecular weight is 579 g/mol. The van der Waals surface area contributed by atoms with E-state index in [1.54, 1.807) is 11.8 Å². The summed E-state index contributed by atoms with van der Waals surface area (Å²) in [6.07, 6.45) is 3.38. The standard InChI is InChI=1S/C24H23ClN4O5S3/c25-13-5-3-10(4-6-13)17-18-11-1-2-12(7-11)19(18)36-22-20(17)37-24(34)29(22)9-16(31)28-27-15(30)8-14-21(32)26-23(33)35-14/h3-6,11-12,14,17-19H,1-2,7-9H2,(H,27,30)(H,28,31)(H,26,32,33)/t11-,12-,14-,17+,18-,19+/m0/s1. The van der Waals surface area contributed by atoms with Crippen molar-refractivity contribution in [3.8, 4) is 0 Å². The van der Waals surface area contributed by atoms with Crippen LogP contribution in [0.25, 0.3) is 0 Å². The number of amides is 4. The fourth-order valence-electron chi connectivity index (χ4n) is 6.20. The molecule has 3 N–H and O–H groups in total. The van der Waals surface area contributed by atoms with E-state index in [1.165, 1.54) is 35.2 Å². The van der Waals surface area contributed by atoms with Gasteiger partial charge in [0.25, 0.3) is 11.1 Å². The SMILES string of the molecule is O=C(C[C@@H]1SC(=O)NC1=O)NNC(=O)Cn1c2c(sc1=O)[C@H](c1ccc(Cl)cc1)[C@@H]1[C@H]3CC[C@@H](C3)[C@H]1S2. The number of halogens is 1. The third kappa shape index (κ3) is 4.62. The molecule has 0 unspecified atom stereocenters. The number of aromatic nitrogens is 1. The summed E-state index contributed by atoms with van der Waals surface area (Å²) in [5.74, 6) is 0.113. The van der Waals surface area contributed by atoms with Crippen molar-refractivity contribution in [3.63, 3.8) is 0 Å². The number of rotatable bonds is 5. The normalized spacial score (nSPS) is 29.5. The van der Waals surface area contributed by atoms with E-state index in [2.05, 4.69) is 16.2 Å². The van der Waals surface area contributed by atoms with Gasteiger partial charge in [0.05, 0.1) is 5.03 Å². The number of benzene rings is 1. The molecule has 6 atom stereocenters. The largest absolute Gasteiger partial charge is 0.308 e. The molecule has 4 aliphatic rings. The highest BCUT2D eigenvalue weighted by molar-refractivity contribution is 8.15. The molecule has 37 heavy (non-hydrogen) atoms. The number of fused-ring (bicyclic) bond motifs is 6. The summed E-state index contributed by atoms with van der Waals surface area (Å²) in [7, 11) is 0. The molecule has 9 nitrogen and oxygen atoms in total. The molecule has 2 bridgehead atoms. The Labute approximate surface area is 229 Å².